The van der Waals surface area contributed by atoms with Crippen LogP contribution in [0.2, 0.25) is 0 Å². The summed E-state index contributed by atoms with van der Waals surface area (Å²) in [5, 5.41) is 0. The molecule has 0 bridgehead atoms. The fourth-order valence-corrected chi connectivity index (χ4v) is 1.86. The van der Waals surface area contributed by atoms with E-state index in [-0.39, 0.29) is 0 Å². The molecule has 0 saturated carbocycles. The molecule has 0 aromatic heterocycles. The summed E-state index contributed by atoms with van der Waals surface area (Å²) in [6.45, 7) is 2.56. The number of aldehydes is 1. The molecule has 106 valence electrons. The lowest BCUT2D eigenvalue weighted by atomic mass is 10.1. The number of benzene rings is 1. The van der Waals surface area contributed by atoms with Gasteiger partial charge >= 0.3 is 0 Å². The van der Waals surface area contributed by atoms with Crippen LogP contribution in [0.15, 0.2) is 18.2 Å². The maximum absolute atomic E-state index is 13.1. The summed E-state index contributed by atoms with van der Waals surface area (Å²) < 4.78 is 23.2. The van der Waals surface area contributed by atoms with Crippen LogP contribution < -0.4 is 4.90 Å². The van der Waals surface area contributed by atoms with Crippen LogP contribution in [0.4, 0.5) is 10.1 Å². The van der Waals surface area contributed by atoms with Gasteiger partial charge < -0.3 is 14.4 Å². The highest BCUT2D eigenvalue weighted by Gasteiger charge is 2.11. The molecule has 1 rings (SSSR count). The average Bonchev–Trinajstić information content (AvgIpc) is 2.43. The normalized spacial score (nSPS) is 10.5. The van der Waals surface area contributed by atoms with E-state index in [1.165, 1.54) is 12.1 Å². The monoisotopic (exact) mass is 269 g/mol. The number of halogens is 1. The first kappa shape index (κ1) is 15.6. The van der Waals surface area contributed by atoms with Gasteiger partial charge in [-0.15, -0.1) is 0 Å². The molecule has 0 radical (unpaired) electrons. The second kappa shape index (κ2) is 8.61. The molecular formula is C14H20FNO3. The fraction of sp³-hybridized carbons (Fsp3) is 0.500. The van der Waals surface area contributed by atoms with Gasteiger partial charge in [0.1, 0.15) is 5.82 Å². The lowest BCUT2D eigenvalue weighted by Gasteiger charge is -2.25. The van der Waals surface area contributed by atoms with E-state index >= 15 is 0 Å². The largest absolute Gasteiger partial charge is 0.385 e. The SMILES string of the molecule is COCCCN(CCOC)c1ccc(F)cc1C=O. The van der Waals surface area contributed by atoms with Gasteiger partial charge in [0.05, 0.1) is 6.61 Å². The molecule has 0 unspecified atom stereocenters. The minimum atomic E-state index is -0.408. The van der Waals surface area contributed by atoms with Gasteiger partial charge in [-0.25, -0.2) is 4.39 Å². The van der Waals surface area contributed by atoms with E-state index in [0.717, 1.165) is 18.7 Å². The number of nitrogens with zero attached hydrogens (tertiary/aromatic N) is 1. The van der Waals surface area contributed by atoms with Gasteiger partial charge in [0.25, 0.3) is 0 Å². The average molecular weight is 269 g/mol. The zero-order valence-electron chi connectivity index (χ0n) is 11.4. The van der Waals surface area contributed by atoms with E-state index in [1.807, 2.05) is 4.90 Å². The Bertz CT molecular complexity index is 398. The summed E-state index contributed by atoms with van der Waals surface area (Å²) in [6.07, 6.45) is 1.50. The quantitative estimate of drug-likeness (QED) is 0.508. The van der Waals surface area contributed by atoms with Crippen LogP contribution in [-0.4, -0.2) is 46.8 Å². The molecule has 1 aromatic rings. The summed E-state index contributed by atoms with van der Waals surface area (Å²) in [5.41, 5.74) is 1.08. The predicted octanol–water partition coefficient (Wildman–Crippen LogP) is 2.13. The molecule has 0 spiro atoms. The summed E-state index contributed by atoms with van der Waals surface area (Å²) in [5.74, 6) is -0.408. The van der Waals surface area contributed by atoms with Crippen LogP contribution in [0, 0.1) is 5.82 Å². The second-order valence-electron chi connectivity index (χ2n) is 4.15. The number of hydrogen-bond acceptors (Lipinski definition) is 4. The number of anilines is 1. The highest BCUT2D eigenvalue weighted by atomic mass is 19.1. The molecule has 0 N–H and O–H groups in total. The van der Waals surface area contributed by atoms with Crippen molar-refractivity contribution in [2.24, 2.45) is 0 Å². The third-order valence-corrected chi connectivity index (χ3v) is 2.80. The van der Waals surface area contributed by atoms with E-state index < -0.39 is 5.82 Å². The Kier molecular flexibility index (Phi) is 7.07. The molecule has 0 amide bonds. The number of methoxy groups -OCH3 is 2. The van der Waals surface area contributed by atoms with Crippen LogP contribution in [0.5, 0.6) is 0 Å². The molecule has 0 atom stereocenters. The molecule has 0 saturated heterocycles. The lowest BCUT2D eigenvalue weighted by Crippen LogP contribution is -2.30. The maximum atomic E-state index is 13.1. The minimum Gasteiger partial charge on any atom is -0.385 e. The van der Waals surface area contributed by atoms with Crippen molar-refractivity contribution in [3.63, 3.8) is 0 Å². The zero-order chi connectivity index (χ0) is 14.1. The van der Waals surface area contributed by atoms with E-state index in [2.05, 4.69) is 0 Å². The smallest absolute Gasteiger partial charge is 0.152 e. The van der Waals surface area contributed by atoms with Gasteiger partial charge in [-0.1, -0.05) is 0 Å². The standard InChI is InChI=1S/C14H20FNO3/c1-18-8-3-6-16(7-9-19-2)14-5-4-13(15)10-12(14)11-17/h4-5,10-11H,3,6-9H2,1-2H3. The molecule has 1 aromatic carbocycles. The maximum Gasteiger partial charge on any atom is 0.152 e. The van der Waals surface area contributed by atoms with Crippen molar-refractivity contribution in [2.75, 3.05) is 45.4 Å². The van der Waals surface area contributed by atoms with Crippen molar-refractivity contribution >= 4 is 12.0 Å². The zero-order valence-corrected chi connectivity index (χ0v) is 11.4. The first-order valence-electron chi connectivity index (χ1n) is 6.20. The Morgan fingerprint density at radius 1 is 1.21 bits per heavy atom. The Morgan fingerprint density at radius 2 is 1.95 bits per heavy atom. The topological polar surface area (TPSA) is 38.8 Å². The van der Waals surface area contributed by atoms with Crippen LogP contribution in [0.3, 0.4) is 0 Å². The van der Waals surface area contributed by atoms with Crippen LogP contribution in [0.25, 0.3) is 0 Å². The summed E-state index contributed by atoms with van der Waals surface area (Å²) >= 11 is 0. The van der Waals surface area contributed by atoms with Crippen LogP contribution >= 0.6 is 0 Å². The van der Waals surface area contributed by atoms with E-state index in [4.69, 9.17) is 9.47 Å². The Balaban J connectivity index is 2.85. The van der Waals surface area contributed by atoms with E-state index in [0.29, 0.717) is 31.6 Å². The molecule has 0 aliphatic rings. The number of carbonyl (C=O) groups excluding carboxylic acids is 1. The Hall–Kier alpha value is -1.46. The van der Waals surface area contributed by atoms with Crippen molar-refractivity contribution in [1.29, 1.82) is 0 Å². The highest BCUT2D eigenvalue weighted by Crippen LogP contribution is 2.20. The summed E-state index contributed by atoms with van der Waals surface area (Å²) in [7, 11) is 3.27. The second-order valence-corrected chi connectivity index (χ2v) is 4.15. The molecule has 0 fully saturated rings. The van der Waals surface area contributed by atoms with Crippen molar-refractivity contribution in [2.45, 2.75) is 6.42 Å². The van der Waals surface area contributed by atoms with Gasteiger partial charge in [-0.3, -0.25) is 4.79 Å². The predicted molar refractivity (Wildman–Crippen MR) is 72.4 cm³/mol. The summed E-state index contributed by atoms with van der Waals surface area (Å²) in [6, 6.07) is 4.23. The number of hydrogen-bond donors (Lipinski definition) is 0. The lowest BCUT2D eigenvalue weighted by molar-refractivity contribution is 0.112. The Morgan fingerprint density at radius 3 is 2.58 bits per heavy atom. The summed E-state index contributed by atoms with van der Waals surface area (Å²) in [4.78, 5) is 13.0. The minimum absolute atomic E-state index is 0.355. The van der Waals surface area contributed by atoms with Gasteiger partial charge in [-0.2, -0.15) is 0 Å². The third kappa shape index (κ3) is 4.96. The molecule has 4 nitrogen and oxygen atoms in total. The number of rotatable bonds is 9. The number of carbonyl (C=O) groups is 1. The van der Waals surface area contributed by atoms with E-state index in [9.17, 15) is 9.18 Å². The van der Waals surface area contributed by atoms with E-state index in [1.54, 1.807) is 20.3 Å². The van der Waals surface area contributed by atoms with Crippen molar-refractivity contribution in [3.8, 4) is 0 Å². The molecule has 0 aliphatic heterocycles. The highest BCUT2D eigenvalue weighted by molar-refractivity contribution is 5.84. The van der Waals surface area contributed by atoms with Gasteiger partial charge in [0, 0.05) is 45.2 Å². The van der Waals surface area contributed by atoms with Crippen molar-refractivity contribution in [1.82, 2.24) is 0 Å². The molecule has 0 aliphatic carbocycles. The molecular weight excluding hydrogens is 249 g/mol. The van der Waals surface area contributed by atoms with Gasteiger partial charge in [-0.05, 0) is 24.6 Å². The van der Waals surface area contributed by atoms with Crippen LogP contribution in [0.1, 0.15) is 16.8 Å². The van der Waals surface area contributed by atoms with Gasteiger partial charge in [0.15, 0.2) is 6.29 Å². The number of ether oxygens (including phenoxy) is 2. The fourth-order valence-electron chi connectivity index (χ4n) is 1.86. The van der Waals surface area contributed by atoms with Crippen molar-refractivity contribution in [3.05, 3.63) is 29.6 Å². The third-order valence-electron chi connectivity index (χ3n) is 2.80. The first-order chi connectivity index (χ1) is 9.22. The van der Waals surface area contributed by atoms with Crippen LogP contribution in [-0.2, 0) is 9.47 Å². The molecule has 5 heteroatoms. The van der Waals surface area contributed by atoms with Crippen molar-refractivity contribution < 1.29 is 18.7 Å². The Labute approximate surface area is 113 Å². The molecule has 0 heterocycles. The van der Waals surface area contributed by atoms with Gasteiger partial charge in [0.2, 0.25) is 0 Å². The molecule has 19 heavy (non-hydrogen) atoms. The first-order valence-corrected chi connectivity index (χ1v) is 6.20.